The van der Waals surface area contributed by atoms with Gasteiger partial charge in [0, 0.05) is 13.0 Å². The van der Waals surface area contributed by atoms with Crippen LogP contribution in [-0.2, 0) is 19.1 Å². The number of hydrogen-bond acceptors (Lipinski definition) is 4. The fourth-order valence-electron chi connectivity index (χ4n) is 3.23. The molecule has 20 heavy (non-hydrogen) atoms. The van der Waals surface area contributed by atoms with Gasteiger partial charge < -0.3 is 4.74 Å². The SMILES string of the molecule is CCOC(=O)CCCCCN1C(=O)C2CCCC2C1=O. The summed E-state index contributed by atoms with van der Waals surface area (Å²) in [6.45, 7) is 2.71. The van der Waals surface area contributed by atoms with Crippen LogP contribution in [0.1, 0.15) is 51.9 Å². The van der Waals surface area contributed by atoms with Crippen LogP contribution in [0.25, 0.3) is 0 Å². The number of nitrogens with zero attached hydrogens (tertiary/aromatic N) is 1. The van der Waals surface area contributed by atoms with E-state index in [1.165, 1.54) is 4.90 Å². The lowest BCUT2D eigenvalue weighted by Crippen LogP contribution is -2.32. The van der Waals surface area contributed by atoms with E-state index in [1.807, 2.05) is 0 Å². The van der Waals surface area contributed by atoms with Gasteiger partial charge in [-0.15, -0.1) is 0 Å². The molecule has 0 aromatic heterocycles. The lowest BCUT2D eigenvalue weighted by Gasteiger charge is -2.15. The van der Waals surface area contributed by atoms with Crippen LogP contribution in [0.2, 0.25) is 0 Å². The Hall–Kier alpha value is -1.39. The molecule has 1 aliphatic heterocycles. The molecule has 0 aromatic rings. The number of carbonyl (C=O) groups excluding carboxylic acids is 3. The number of fused-ring (bicyclic) bond motifs is 1. The molecular formula is C15H23NO4. The number of ether oxygens (including phenoxy) is 1. The largest absolute Gasteiger partial charge is 0.466 e. The second kappa shape index (κ2) is 6.86. The lowest BCUT2D eigenvalue weighted by atomic mass is 10.00. The van der Waals surface area contributed by atoms with Crippen molar-refractivity contribution < 1.29 is 19.1 Å². The van der Waals surface area contributed by atoms with Gasteiger partial charge in [0.05, 0.1) is 18.4 Å². The van der Waals surface area contributed by atoms with E-state index in [2.05, 4.69) is 0 Å². The third-order valence-corrected chi connectivity index (χ3v) is 4.25. The fourth-order valence-corrected chi connectivity index (χ4v) is 3.23. The Morgan fingerprint density at radius 1 is 1.15 bits per heavy atom. The van der Waals surface area contributed by atoms with Crippen LogP contribution in [0, 0.1) is 11.8 Å². The standard InChI is InChI=1S/C15H23NO4/c1-2-20-13(17)9-4-3-5-10-16-14(18)11-7-6-8-12(11)15(16)19/h11-12H,2-10H2,1H3. The van der Waals surface area contributed by atoms with Gasteiger partial charge >= 0.3 is 5.97 Å². The predicted molar refractivity (Wildman–Crippen MR) is 72.7 cm³/mol. The molecule has 2 atom stereocenters. The van der Waals surface area contributed by atoms with Gasteiger partial charge in [0.25, 0.3) is 0 Å². The quantitative estimate of drug-likeness (QED) is 0.406. The molecule has 0 spiro atoms. The highest BCUT2D eigenvalue weighted by molar-refractivity contribution is 6.05. The summed E-state index contributed by atoms with van der Waals surface area (Å²) in [6.07, 6.45) is 5.52. The molecule has 1 saturated heterocycles. The molecule has 1 aliphatic carbocycles. The molecule has 0 N–H and O–H groups in total. The van der Waals surface area contributed by atoms with Crippen molar-refractivity contribution in [1.29, 1.82) is 0 Å². The van der Waals surface area contributed by atoms with Crippen LogP contribution in [0.15, 0.2) is 0 Å². The Bertz CT molecular complexity index is 371. The van der Waals surface area contributed by atoms with Gasteiger partial charge in [-0.25, -0.2) is 0 Å². The summed E-state index contributed by atoms with van der Waals surface area (Å²) in [5.41, 5.74) is 0. The molecule has 5 nitrogen and oxygen atoms in total. The third-order valence-electron chi connectivity index (χ3n) is 4.25. The first-order chi connectivity index (χ1) is 9.65. The Labute approximate surface area is 119 Å². The number of unbranched alkanes of at least 4 members (excludes halogenated alkanes) is 2. The predicted octanol–water partition coefficient (Wildman–Crippen LogP) is 1.90. The van der Waals surface area contributed by atoms with Gasteiger partial charge in [-0.1, -0.05) is 12.8 Å². The fraction of sp³-hybridized carbons (Fsp3) is 0.800. The Morgan fingerprint density at radius 3 is 2.40 bits per heavy atom. The second-order valence-electron chi connectivity index (χ2n) is 5.59. The van der Waals surface area contributed by atoms with Crippen LogP contribution in [0.5, 0.6) is 0 Å². The summed E-state index contributed by atoms with van der Waals surface area (Å²) in [5.74, 6) is -0.190. The minimum atomic E-state index is -0.171. The molecule has 0 radical (unpaired) electrons. The zero-order valence-electron chi connectivity index (χ0n) is 12.1. The van der Waals surface area contributed by atoms with Crippen molar-refractivity contribution in [2.45, 2.75) is 51.9 Å². The summed E-state index contributed by atoms with van der Waals surface area (Å²) >= 11 is 0. The van der Waals surface area contributed by atoms with Crippen molar-refractivity contribution >= 4 is 17.8 Å². The van der Waals surface area contributed by atoms with Crippen molar-refractivity contribution in [3.8, 4) is 0 Å². The summed E-state index contributed by atoms with van der Waals surface area (Å²) < 4.78 is 4.85. The van der Waals surface area contributed by atoms with Crippen LogP contribution in [0.3, 0.4) is 0 Å². The second-order valence-corrected chi connectivity index (χ2v) is 5.59. The number of imide groups is 1. The Balaban J connectivity index is 1.66. The zero-order valence-corrected chi connectivity index (χ0v) is 12.1. The molecule has 5 heteroatoms. The number of esters is 1. The van der Waals surface area contributed by atoms with E-state index in [4.69, 9.17) is 4.74 Å². The number of carbonyl (C=O) groups is 3. The summed E-state index contributed by atoms with van der Waals surface area (Å²) in [7, 11) is 0. The molecule has 2 aliphatic rings. The topological polar surface area (TPSA) is 63.7 Å². The van der Waals surface area contributed by atoms with Gasteiger partial charge in [-0.3, -0.25) is 19.3 Å². The monoisotopic (exact) mass is 281 g/mol. The average Bonchev–Trinajstić information content (AvgIpc) is 2.97. The summed E-state index contributed by atoms with van der Waals surface area (Å²) in [5, 5.41) is 0. The molecule has 2 fully saturated rings. The Morgan fingerprint density at radius 2 is 1.80 bits per heavy atom. The van der Waals surface area contributed by atoms with E-state index < -0.39 is 0 Å². The van der Waals surface area contributed by atoms with Crippen LogP contribution in [-0.4, -0.2) is 35.8 Å². The first-order valence-electron chi connectivity index (χ1n) is 7.66. The molecule has 1 saturated carbocycles. The maximum absolute atomic E-state index is 12.1. The van der Waals surface area contributed by atoms with Gasteiger partial charge in [-0.2, -0.15) is 0 Å². The van der Waals surface area contributed by atoms with Gasteiger partial charge in [-0.05, 0) is 32.6 Å². The highest BCUT2D eigenvalue weighted by Gasteiger charge is 2.49. The average molecular weight is 281 g/mol. The van der Waals surface area contributed by atoms with Crippen molar-refractivity contribution in [3.63, 3.8) is 0 Å². The normalized spacial score (nSPS) is 25.1. The molecule has 2 unspecified atom stereocenters. The maximum atomic E-state index is 12.1. The first kappa shape index (κ1) is 15.0. The summed E-state index contributed by atoms with van der Waals surface area (Å²) in [6, 6.07) is 0. The molecular weight excluding hydrogens is 258 g/mol. The van der Waals surface area contributed by atoms with Crippen LogP contribution < -0.4 is 0 Å². The maximum Gasteiger partial charge on any atom is 0.305 e. The highest BCUT2D eigenvalue weighted by Crippen LogP contribution is 2.39. The number of rotatable bonds is 7. The van der Waals surface area contributed by atoms with E-state index in [1.54, 1.807) is 6.92 Å². The molecule has 0 bridgehead atoms. The van der Waals surface area contributed by atoms with Gasteiger partial charge in [0.1, 0.15) is 0 Å². The van der Waals surface area contributed by atoms with E-state index >= 15 is 0 Å². The zero-order chi connectivity index (χ0) is 14.5. The smallest absolute Gasteiger partial charge is 0.305 e. The molecule has 0 aromatic carbocycles. The number of amides is 2. The minimum Gasteiger partial charge on any atom is -0.466 e. The van der Waals surface area contributed by atoms with Gasteiger partial charge in [0.15, 0.2) is 0 Å². The van der Waals surface area contributed by atoms with Crippen LogP contribution in [0.4, 0.5) is 0 Å². The molecule has 112 valence electrons. The highest BCUT2D eigenvalue weighted by atomic mass is 16.5. The van der Waals surface area contributed by atoms with Gasteiger partial charge in [0.2, 0.25) is 11.8 Å². The third kappa shape index (κ3) is 3.19. The van der Waals surface area contributed by atoms with E-state index in [9.17, 15) is 14.4 Å². The van der Waals surface area contributed by atoms with E-state index in [0.29, 0.717) is 19.6 Å². The number of likely N-dealkylation sites (tertiary alicyclic amines) is 1. The van der Waals surface area contributed by atoms with Crippen molar-refractivity contribution in [3.05, 3.63) is 0 Å². The first-order valence-corrected chi connectivity index (χ1v) is 7.66. The van der Waals surface area contributed by atoms with Crippen molar-refractivity contribution in [2.75, 3.05) is 13.2 Å². The molecule has 1 heterocycles. The van der Waals surface area contributed by atoms with Crippen molar-refractivity contribution in [1.82, 2.24) is 4.90 Å². The number of hydrogen-bond donors (Lipinski definition) is 0. The van der Waals surface area contributed by atoms with E-state index in [-0.39, 0.29) is 29.6 Å². The van der Waals surface area contributed by atoms with Crippen molar-refractivity contribution in [2.24, 2.45) is 11.8 Å². The molecule has 2 amide bonds. The van der Waals surface area contributed by atoms with E-state index in [0.717, 1.165) is 38.5 Å². The lowest BCUT2D eigenvalue weighted by molar-refractivity contribution is -0.144. The Kier molecular flexibility index (Phi) is 5.15. The molecule has 2 rings (SSSR count). The van der Waals surface area contributed by atoms with Crippen LogP contribution >= 0.6 is 0 Å². The summed E-state index contributed by atoms with van der Waals surface area (Å²) in [4.78, 5) is 36.8. The minimum absolute atomic E-state index is 0.0305.